The van der Waals surface area contributed by atoms with Crippen molar-refractivity contribution in [3.63, 3.8) is 0 Å². The van der Waals surface area contributed by atoms with Gasteiger partial charge in [0.05, 0.1) is 4.90 Å². The van der Waals surface area contributed by atoms with Crippen LogP contribution in [0.25, 0.3) is 0 Å². The van der Waals surface area contributed by atoms with Gasteiger partial charge in [-0.05, 0) is 44.2 Å². The number of hydrogen-bond acceptors (Lipinski definition) is 3. The predicted octanol–water partition coefficient (Wildman–Crippen LogP) is 2.11. The van der Waals surface area contributed by atoms with Crippen molar-refractivity contribution in [3.8, 4) is 0 Å². The van der Waals surface area contributed by atoms with Gasteiger partial charge in [-0.25, -0.2) is 8.42 Å². The summed E-state index contributed by atoms with van der Waals surface area (Å²) < 4.78 is 27.3. The molecule has 1 atom stereocenters. The summed E-state index contributed by atoms with van der Waals surface area (Å²) in [4.78, 5) is 0.474. The van der Waals surface area contributed by atoms with Gasteiger partial charge in [-0.2, -0.15) is 4.31 Å². The van der Waals surface area contributed by atoms with Gasteiger partial charge < -0.3 is 5.32 Å². The number of sulfonamides is 1. The van der Waals surface area contributed by atoms with Crippen LogP contribution in [0.5, 0.6) is 0 Å². The maximum Gasteiger partial charge on any atom is 0.243 e. The van der Waals surface area contributed by atoms with Crippen LogP contribution in [-0.2, 0) is 16.6 Å². The Balaban J connectivity index is 1.87. The van der Waals surface area contributed by atoms with Crippen LogP contribution in [0.3, 0.4) is 0 Å². The number of rotatable bonds is 5. The number of hydrogen-bond donors (Lipinski definition) is 1. The van der Waals surface area contributed by atoms with Gasteiger partial charge in [0.2, 0.25) is 10.0 Å². The van der Waals surface area contributed by atoms with Crippen LogP contribution in [0.1, 0.15) is 38.2 Å². The molecule has 1 aliphatic heterocycles. The van der Waals surface area contributed by atoms with Gasteiger partial charge in [0.25, 0.3) is 0 Å². The van der Waals surface area contributed by atoms with E-state index in [4.69, 9.17) is 0 Å². The van der Waals surface area contributed by atoms with E-state index >= 15 is 0 Å². The minimum atomic E-state index is -3.35. The highest BCUT2D eigenvalue weighted by Crippen LogP contribution is 2.28. The normalized spacial score (nSPS) is 24.1. The van der Waals surface area contributed by atoms with E-state index < -0.39 is 10.0 Å². The lowest BCUT2D eigenvalue weighted by atomic mass is 10.2. The van der Waals surface area contributed by atoms with Crippen LogP contribution in [0, 0.1) is 0 Å². The van der Waals surface area contributed by atoms with Crippen LogP contribution in [0.4, 0.5) is 0 Å². The van der Waals surface area contributed by atoms with Crippen molar-refractivity contribution in [1.29, 1.82) is 0 Å². The molecule has 1 aromatic rings. The van der Waals surface area contributed by atoms with Crippen molar-refractivity contribution < 1.29 is 8.42 Å². The molecule has 0 radical (unpaired) electrons. The Hall–Kier alpha value is -0.910. The zero-order valence-electron chi connectivity index (χ0n) is 11.9. The van der Waals surface area contributed by atoms with E-state index in [0.29, 0.717) is 24.0 Å². The third-order valence-electron chi connectivity index (χ3n) is 4.21. The molecule has 1 aromatic carbocycles. The zero-order valence-corrected chi connectivity index (χ0v) is 12.7. The first-order chi connectivity index (χ1) is 9.59. The minimum Gasteiger partial charge on any atom is -0.310 e. The number of nitrogens with zero attached hydrogens (tertiary/aromatic N) is 1. The molecular weight excluding hydrogens is 272 g/mol. The smallest absolute Gasteiger partial charge is 0.243 e. The third-order valence-corrected chi connectivity index (χ3v) is 6.32. The van der Waals surface area contributed by atoms with Crippen molar-refractivity contribution in [1.82, 2.24) is 9.62 Å². The molecule has 0 spiro atoms. The molecule has 1 aliphatic carbocycles. The molecule has 1 saturated heterocycles. The molecule has 4 nitrogen and oxygen atoms in total. The van der Waals surface area contributed by atoms with Gasteiger partial charge >= 0.3 is 0 Å². The highest BCUT2D eigenvalue weighted by Gasteiger charge is 2.34. The van der Waals surface area contributed by atoms with Crippen LogP contribution in [0.2, 0.25) is 0 Å². The first kappa shape index (κ1) is 14.0. The monoisotopic (exact) mass is 294 g/mol. The molecule has 110 valence electrons. The SMILES string of the molecule is CC1CCCN1S(=O)(=O)c1ccccc1CNC1CC1. The number of nitrogens with one attached hydrogen (secondary N) is 1. The van der Waals surface area contributed by atoms with Gasteiger partial charge in [-0.3, -0.25) is 0 Å². The van der Waals surface area contributed by atoms with Gasteiger partial charge in [-0.15, -0.1) is 0 Å². The Kier molecular flexibility index (Phi) is 3.84. The molecule has 2 aliphatic rings. The van der Waals surface area contributed by atoms with Gasteiger partial charge in [-0.1, -0.05) is 18.2 Å². The largest absolute Gasteiger partial charge is 0.310 e. The Morgan fingerprint density at radius 1 is 1.25 bits per heavy atom. The second kappa shape index (κ2) is 5.47. The standard InChI is InChI=1S/C15H22N2O2S/c1-12-5-4-10-17(12)20(18,19)15-7-3-2-6-13(15)11-16-14-8-9-14/h2-3,6-7,12,14,16H,4-5,8-11H2,1H3. The molecule has 0 aromatic heterocycles. The second-order valence-electron chi connectivity index (χ2n) is 5.87. The maximum atomic E-state index is 12.8. The average Bonchev–Trinajstić information content (AvgIpc) is 3.16. The first-order valence-electron chi connectivity index (χ1n) is 7.42. The van der Waals surface area contributed by atoms with Crippen LogP contribution < -0.4 is 5.32 Å². The highest BCUT2D eigenvalue weighted by molar-refractivity contribution is 7.89. The first-order valence-corrected chi connectivity index (χ1v) is 8.86. The summed E-state index contributed by atoms with van der Waals surface area (Å²) in [7, 11) is -3.35. The van der Waals surface area contributed by atoms with Crippen molar-refractivity contribution >= 4 is 10.0 Å². The molecule has 20 heavy (non-hydrogen) atoms. The van der Waals surface area contributed by atoms with E-state index in [1.807, 2.05) is 25.1 Å². The second-order valence-corrected chi connectivity index (χ2v) is 7.73. The molecular formula is C15H22N2O2S. The van der Waals surface area contributed by atoms with Crippen LogP contribution in [0.15, 0.2) is 29.2 Å². The Morgan fingerprint density at radius 3 is 2.65 bits per heavy atom. The molecule has 1 saturated carbocycles. The summed E-state index contributed by atoms with van der Waals surface area (Å²) in [6, 6.07) is 8.08. The quantitative estimate of drug-likeness (QED) is 0.905. The fourth-order valence-electron chi connectivity index (χ4n) is 2.83. The fourth-order valence-corrected chi connectivity index (χ4v) is 4.76. The molecule has 0 bridgehead atoms. The lowest BCUT2D eigenvalue weighted by Crippen LogP contribution is -2.34. The molecule has 1 unspecified atom stereocenters. The highest BCUT2D eigenvalue weighted by atomic mass is 32.2. The lowest BCUT2D eigenvalue weighted by molar-refractivity contribution is 0.407. The molecule has 2 fully saturated rings. The molecule has 1 N–H and O–H groups in total. The van der Waals surface area contributed by atoms with E-state index in [1.165, 1.54) is 12.8 Å². The van der Waals surface area contributed by atoms with Crippen molar-refractivity contribution in [2.75, 3.05) is 6.54 Å². The van der Waals surface area contributed by atoms with Crippen molar-refractivity contribution in [3.05, 3.63) is 29.8 Å². The number of benzene rings is 1. The summed E-state index contributed by atoms with van der Waals surface area (Å²) >= 11 is 0. The van der Waals surface area contributed by atoms with E-state index in [-0.39, 0.29) is 6.04 Å². The average molecular weight is 294 g/mol. The van der Waals surface area contributed by atoms with E-state index in [0.717, 1.165) is 18.4 Å². The summed E-state index contributed by atoms with van der Waals surface area (Å²) in [5, 5.41) is 3.40. The van der Waals surface area contributed by atoms with Crippen molar-refractivity contribution in [2.45, 2.75) is 56.1 Å². The maximum absolute atomic E-state index is 12.8. The van der Waals surface area contributed by atoms with E-state index in [2.05, 4.69) is 5.32 Å². The minimum absolute atomic E-state index is 0.115. The van der Waals surface area contributed by atoms with Crippen molar-refractivity contribution in [2.24, 2.45) is 0 Å². The zero-order chi connectivity index (χ0) is 14.2. The third kappa shape index (κ3) is 2.75. The van der Waals surface area contributed by atoms with Crippen LogP contribution in [-0.4, -0.2) is 31.4 Å². The van der Waals surface area contributed by atoms with Crippen LogP contribution >= 0.6 is 0 Å². The topological polar surface area (TPSA) is 49.4 Å². The van der Waals surface area contributed by atoms with E-state index in [9.17, 15) is 8.42 Å². The molecule has 3 rings (SSSR count). The Bertz CT molecular complexity index is 581. The lowest BCUT2D eigenvalue weighted by Gasteiger charge is -2.22. The summed E-state index contributed by atoms with van der Waals surface area (Å²) in [6.45, 7) is 3.28. The summed E-state index contributed by atoms with van der Waals surface area (Å²) in [5.41, 5.74) is 0.888. The van der Waals surface area contributed by atoms with Gasteiger partial charge in [0.1, 0.15) is 0 Å². The Labute approximate surface area is 121 Å². The molecule has 5 heteroatoms. The molecule has 1 heterocycles. The van der Waals surface area contributed by atoms with Gasteiger partial charge in [0, 0.05) is 25.2 Å². The van der Waals surface area contributed by atoms with E-state index in [1.54, 1.807) is 10.4 Å². The summed E-state index contributed by atoms with van der Waals surface area (Å²) in [5.74, 6) is 0. The van der Waals surface area contributed by atoms with Gasteiger partial charge in [0.15, 0.2) is 0 Å². The molecule has 0 amide bonds. The fraction of sp³-hybridized carbons (Fsp3) is 0.600. The predicted molar refractivity (Wildman–Crippen MR) is 78.9 cm³/mol. The summed E-state index contributed by atoms with van der Waals surface area (Å²) in [6.07, 6.45) is 4.33. The Morgan fingerprint density at radius 2 is 2.00 bits per heavy atom.